The van der Waals surface area contributed by atoms with Crippen molar-refractivity contribution in [1.29, 1.82) is 0 Å². The fourth-order valence-corrected chi connectivity index (χ4v) is 3.69. The van der Waals surface area contributed by atoms with E-state index in [1.807, 2.05) is 19.9 Å². The zero-order valence-corrected chi connectivity index (χ0v) is 13.8. The first kappa shape index (κ1) is 16.0. The number of hydrogen-bond acceptors (Lipinski definition) is 4. The van der Waals surface area contributed by atoms with Crippen molar-refractivity contribution in [3.63, 3.8) is 0 Å². The molecule has 116 valence electrons. The Balaban J connectivity index is 2.20. The van der Waals surface area contributed by atoms with Gasteiger partial charge in [-0.1, -0.05) is 26.7 Å². The maximum absolute atomic E-state index is 12.5. The summed E-state index contributed by atoms with van der Waals surface area (Å²) in [4.78, 5) is 25.6. The summed E-state index contributed by atoms with van der Waals surface area (Å²) >= 11 is 1.47. The maximum Gasteiger partial charge on any atom is 0.341 e. The van der Waals surface area contributed by atoms with Crippen LogP contribution in [-0.4, -0.2) is 18.5 Å². The van der Waals surface area contributed by atoms with E-state index in [2.05, 4.69) is 5.32 Å². The van der Waals surface area contributed by atoms with Gasteiger partial charge in [0.15, 0.2) is 0 Å². The lowest BCUT2D eigenvalue weighted by atomic mass is 9.88. The standard InChI is InChI=1S/C16H23NO3S/c1-4-11-10-12(14(18)20-5-2)13(21-11)17-15(19)16(3)8-6-7-9-16/h10H,4-9H2,1-3H3,(H,17,19). The highest BCUT2D eigenvalue weighted by atomic mass is 32.1. The van der Waals surface area contributed by atoms with Gasteiger partial charge in [0, 0.05) is 10.3 Å². The molecule has 1 fully saturated rings. The zero-order valence-electron chi connectivity index (χ0n) is 13.0. The molecule has 0 aliphatic heterocycles. The molecule has 1 N–H and O–H groups in total. The molecule has 1 aromatic rings. The molecule has 0 saturated heterocycles. The molecule has 21 heavy (non-hydrogen) atoms. The molecule has 0 radical (unpaired) electrons. The minimum Gasteiger partial charge on any atom is -0.462 e. The molecular formula is C16H23NO3S. The summed E-state index contributed by atoms with van der Waals surface area (Å²) in [6.07, 6.45) is 4.86. The maximum atomic E-state index is 12.5. The number of hydrogen-bond donors (Lipinski definition) is 1. The Labute approximate surface area is 129 Å². The highest BCUT2D eigenvalue weighted by molar-refractivity contribution is 7.16. The Morgan fingerprint density at radius 2 is 2.00 bits per heavy atom. The Morgan fingerprint density at radius 3 is 2.57 bits per heavy atom. The first-order chi connectivity index (χ1) is 10.00. The molecule has 5 heteroatoms. The van der Waals surface area contributed by atoms with Gasteiger partial charge in [-0.2, -0.15) is 0 Å². The van der Waals surface area contributed by atoms with E-state index in [0.717, 1.165) is 37.0 Å². The van der Waals surface area contributed by atoms with E-state index >= 15 is 0 Å². The van der Waals surface area contributed by atoms with Crippen molar-refractivity contribution in [3.8, 4) is 0 Å². The van der Waals surface area contributed by atoms with Crippen LogP contribution in [0, 0.1) is 5.41 Å². The van der Waals surface area contributed by atoms with Crippen LogP contribution >= 0.6 is 11.3 Å². The summed E-state index contributed by atoms with van der Waals surface area (Å²) in [6.45, 7) is 6.16. The van der Waals surface area contributed by atoms with Crippen molar-refractivity contribution in [2.24, 2.45) is 5.41 Å². The van der Waals surface area contributed by atoms with E-state index < -0.39 is 0 Å². The number of carbonyl (C=O) groups excluding carboxylic acids is 2. The molecule has 1 aliphatic carbocycles. The molecule has 4 nitrogen and oxygen atoms in total. The van der Waals surface area contributed by atoms with Gasteiger partial charge < -0.3 is 10.1 Å². The van der Waals surface area contributed by atoms with Gasteiger partial charge in [0.1, 0.15) is 5.00 Å². The van der Waals surface area contributed by atoms with Crippen LogP contribution in [0.4, 0.5) is 5.00 Å². The number of amides is 1. The van der Waals surface area contributed by atoms with Crippen LogP contribution in [0.25, 0.3) is 0 Å². The van der Waals surface area contributed by atoms with Crippen LogP contribution in [0.3, 0.4) is 0 Å². The lowest BCUT2D eigenvalue weighted by molar-refractivity contribution is -0.124. The molecule has 0 atom stereocenters. The van der Waals surface area contributed by atoms with Gasteiger partial charge in [0.2, 0.25) is 5.91 Å². The fourth-order valence-electron chi connectivity index (χ4n) is 2.71. The van der Waals surface area contributed by atoms with Crippen LogP contribution < -0.4 is 5.32 Å². The number of rotatable bonds is 5. The average Bonchev–Trinajstić information content (AvgIpc) is 3.06. The third kappa shape index (κ3) is 3.46. The summed E-state index contributed by atoms with van der Waals surface area (Å²) in [5.41, 5.74) is 0.177. The largest absolute Gasteiger partial charge is 0.462 e. The minimum atomic E-state index is -0.361. The highest BCUT2D eigenvalue weighted by Gasteiger charge is 2.37. The molecule has 0 aromatic carbocycles. The van der Waals surface area contributed by atoms with Gasteiger partial charge in [0.25, 0.3) is 0 Å². The number of thiophene rings is 1. The number of carbonyl (C=O) groups is 2. The second-order valence-electron chi connectivity index (χ2n) is 5.75. The number of anilines is 1. The van der Waals surface area contributed by atoms with Crippen molar-refractivity contribution >= 4 is 28.2 Å². The smallest absolute Gasteiger partial charge is 0.341 e. The first-order valence-electron chi connectivity index (χ1n) is 7.61. The van der Waals surface area contributed by atoms with E-state index in [0.29, 0.717) is 17.2 Å². The van der Waals surface area contributed by atoms with Crippen LogP contribution in [0.1, 0.15) is 61.7 Å². The number of aryl methyl sites for hydroxylation is 1. The Morgan fingerprint density at radius 1 is 1.33 bits per heavy atom. The van der Waals surface area contributed by atoms with E-state index in [9.17, 15) is 9.59 Å². The molecule has 1 saturated carbocycles. The fraction of sp³-hybridized carbons (Fsp3) is 0.625. The van der Waals surface area contributed by atoms with Gasteiger partial charge in [-0.3, -0.25) is 4.79 Å². The lowest BCUT2D eigenvalue weighted by Crippen LogP contribution is -2.31. The van der Waals surface area contributed by atoms with Crippen molar-refractivity contribution in [1.82, 2.24) is 0 Å². The Hall–Kier alpha value is -1.36. The van der Waals surface area contributed by atoms with Gasteiger partial charge in [-0.15, -0.1) is 11.3 Å². The van der Waals surface area contributed by atoms with Crippen molar-refractivity contribution in [2.75, 3.05) is 11.9 Å². The highest BCUT2D eigenvalue weighted by Crippen LogP contribution is 2.39. The van der Waals surface area contributed by atoms with E-state index in [4.69, 9.17) is 4.74 Å². The summed E-state index contributed by atoms with van der Waals surface area (Å²) in [5, 5.41) is 3.59. The molecular weight excluding hydrogens is 286 g/mol. The average molecular weight is 309 g/mol. The monoisotopic (exact) mass is 309 g/mol. The Bertz CT molecular complexity index is 530. The van der Waals surface area contributed by atoms with E-state index in [1.54, 1.807) is 6.92 Å². The normalized spacial score (nSPS) is 16.7. The summed E-state index contributed by atoms with van der Waals surface area (Å²) in [7, 11) is 0. The van der Waals surface area contributed by atoms with Gasteiger partial charge in [-0.05, 0) is 32.3 Å². The van der Waals surface area contributed by atoms with Crippen molar-refractivity contribution < 1.29 is 14.3 Å². The molecule has 1 aliphatic rings. The minimum absolute atomic E-state index is 0.0232. The van der Waals surface area contributed by atoms with E-state index in [-0.39, 0.29) is 17.3 Å². The lowest BCUT2D eigenvalue weighted by Gasteiger charge is -2.22. The third-order valence-corrected chi connectivity index (χ3v) is 5.30. The molecule has 1 amide bonds. The second kappa shape index (κ2) is 6.60. The SMILES string of the molecule is CCOC(=O)c1cc(CC)sc1NC(=O)C1(C)CCCC1. The van der Waals surface area contributed by atoms with Crippen molar-refractivity contribution in [2.45, 2.75) is 52.9 Å². The number of ether oxygens (including phenoxy) is 1. The predicted molar refractivity (Wildman–Crippen MR) is 84.9 cm³/mol. The number of esters is 1. The molecule has 2 rings (SSSR count). The Kier molecular flexibility index (Phi) is 5.04. The van der Waals surface area contributed by atoms with Crippen LogP contribution in [0.2, 0.25) is 0 Å². The third-order valence-electron chi connectivity index (χ3n) is 4.11. The topological polar surface area (TPSA) is 55.4 Å². The van der Waals surface area contributed by atoms with Gasteiger partial charge in [-0.25, -0.2) is 4.79 Å². The summed E-state index contributed by atoms with van der Waals surface area (Å²) in [5.74, 6) is -0.338. The van der Waals surface area contributed by atoms with Gasteiger partial charge in [0.05, 0.1) is 12.2 Å². The van der Waals surface area contributed by atoms with Crippen LogP contribution in [0.5, 0.6) is 0 Å². The second-order valence-corrected chi connectivity index (χ2v) is 6.89. The quantitative estimate of drug-likeness (QED) is 0.836. The van der Waals surface area contributed by atoms with Crippen LogP contribution in [-0.2, 0) is 16.0 Å². The first-order valence-corrected chi connectivity index (χ1v) is 8.43. The van der Waals surface area contributed by atoms with E-state index in [1.165, 1.54) is 11.3 Å². The summed E-state index contributed by atoms with van der Waals surface area (Å²) < 4.78 is 5.08. The summed E-state index contributed by atoms with van der Waals surface area (Å²) in [6, 6.07) is 1.83. The van der Waals surface area contributed by atoms with Crippen molar-refractivity contribution in [3.05, 3.63) is 16.5 Å². The molecule has 0 bridgehead atoms. The molecule has 1 aromatic heterocycles. The molecule has 1 heterocycles. The predicted octanol–water partition coefficient (Wildman–Crippen LogP) is 4.01. The zero-order chi connectivity index (χ0) is 15.5. The molecule has 0 unspecified atom stereocenters. The van der Waals surface area contributed by atoms with Gasteiger partial charge >= 0.3 is 5.97 Å². The molecule has 0 spiro atoms. The van der Waals surface area contributed by atoms with Crippen LogP contribution in [0.15, 0.2) is 6.07 Å². The number of nitrogens with one attached hydrogen (secondary N) is 1.